The summed E-state index contributed by atoms with van der Waals surface area (Å²) in [7, 11) is 0. The third kappa shape index (κ3) is 2.69. The molecule has 7 heteroatoms. The van der Waals surface area contributed by atoms with E-state index in [4.69, 9.17) is 0 Å². The molecule has 4 rings (SSSR count). The molecule has 0 spiro atoms. The van der Waals surface area contributed by atoms with Gasteiger partial charge in [-0.1, -0.05) is 0 Å². The fourth-order valence-corrected chi connectivity index (χ4v) is 2.86. The van der Waals surface area contributed by atoms with Gasteiger partial charge in [-0.2, -0.15) is 14.7 Å². The molecule has 1 saturated heterocycles. The molecule has 0 radical (unpaired) electrons. The van der Waals surface area contributed by atoms with E-state index in [0.29, 0.717) is 5.92 Å². The Morgan fingerprint density at radius 3 is 2.78 bits per heavy atom. The summed E-state index contributed by atoms with van der Waals surface area (Å²) in [6.07, 6.45) is 1.77. The van der Waals surface area contributed by atoms with Gasteiger partial charge in [0.05, 0.1) is 11.9 Å². The second-order valence-corrected chi connectivity index (χ2v) is 6.07. The Hall–Kier alpha value is -2.70. The van der Waals surface area contributed by atoms with Crippen molar-refractivity contribution < 1.29 is 0 Å². The van der Waals surface area contributed by atoms with E-state index in [1.54, 1.807) is 6.20 Å². The quantitative estimate of drug-likeness (QED) is 0.791. The van der Waals surface area contributed by atoms with Gasteiger partial charge in [-0.05, 0) is 26.0 Å². The zero-order valence-electron chi connectivity index (χ0n) is 13.3. The maximum Gasteiger partial charge on any atom is 0.157 e. The summed E-state index contributed by atoms with van der Waals surface area (Å²) in [4.78, 5) is 6.70. The van der Waals surface area contributed by atoms with Crippen LogP contribution in [-0.4, -0.2) is 44.4 Å². The first-order valence-corrected chi connectivity index (χ1v) is 7.79. The molecule has 0 aliphatic carbocycles. The molecule has 1 aliphatic heterocycles. The molecule has 0 aromatic carbocycles. The second-order valence-electron chi connectivity index (χ2n) is 6.07. The number of nitrogens with zero attached hydrogens (tertiary/aromatic N) is 6. The van der Waals surface area contributed by atoms with Gasteiger partial charge in [-0.15, -0.1) is 5.10 Å². The van der Waals surface area contributed by atoms with Crippen LogP contribution in [0.15, 0.2) is 30.5 Å². The largest absolute Gasteiger partial charge is 0.369 e. The van der Waals surface area contributed by atoms with Crippen molar-refractivity contribution in [3.63, 3.8) is 0 Å². The standard InChI is InChI=1S/C16H19N7/c1-11-3-4-15(21-20-11)22-9-13(10-22)8-17-16-7-12(2)19-14-5-6-18-23(14)16/h3-7,13,17H,8-10H2,1-2H3. The summed E-state index contributed by atoms with van der Waals surface area (Å²) >= 11 is 0. The van der Waals surface area contributed by atoms with E-state index in [9.17, 15) is 0 Å². The number of fused-ring (bicyclic) bond motifs is 1. The van der Waals surface area contributed by atoms with E-state index in [1.807, 2.05) is 42.6 Å². The summed E-state index contributed by atoms with van der Waals surface area (Å²) in [5.74, 6) is 2.55. The topological polar surface area (TPSA) is 71.2 Å². The molecule has 0 saturated carbocycles. The van der Waals surface area contributed by atoms with Gasteiger partial charge in [0.2, 0.25) is 0 Å². The van der Waals surface area contributed by atoms with Crippen LogP contribution in [0.1, 0.15) is 11.4 Å². The maximum atomic E-state index is 4.45. The van der Waals surface area contributed by atoms with E-state index in [1.165, 1.54) is 0 Å². The zero-order chi connectivity index (χ0) is 15.8. The van der Waals surface area contributed by atoms with Crippen molar-refractivity contribution in [2.75, 3.05) is 29.9 Å². The Labute approximate surface area is 134 Å². The Balaban J connectivity index is 1.37. The Bertz CT molecular complexity index is 818. The molecule has 1 aliphatic rings. The van der Waals surface area contributed by atoms with Crippen LogP contribution in [0, 0.1) is 19.8 Å². The number of hydrogen-bond acceptors (Lipinski definition) is 6. The van der Waals surface area contributed by atoms with Gasteiger partial charge in [-0.3, -0.25) is 0 Å². The SMILES string of the molecule is Cc1ccc(N2CC(CNc3cc(C)nc4ccnn34)C2)nn1. The normalized spacial score (nSPS) is 15.0. The molecule has 1 fully saturated rings. The first-order chi connectivity index (χ1) is 11.2. The zero-order valence-corrected chi connectivity index (χ0v) is 13.3. The highest BCUT2D eigenvalue weighted by Gasteiger charge is 2.27. The van der Waals surface area contributed by atoms with Crippen molar-refractivity contribution in [2.24, 2.45) is 5.92 Å². The monoisotopic (exact) mass is 309 g/mol. The molecule has 0 amide bonds. The van der Waals surface area contributed by atoms with Gasteiger partial charge in [0, 0.05) is 43.4 Å². The average molecular weight is 309 g/mol. The van der Waals surface area contributed by atoms with Gasteiger partial charge in [0.25, 0.3) is 0 Å². The number of aromatic nitrogens is 5. The fraction of sp³-hybridized carbons (Fsp3) is 0.375. The highest BCUT2D eigenvalue weighted by molar-refractivity contribution is 5.49. The summed E-state index contributed by atoms with van der Waals surface area (Å²) in [5.41, 5.74) is 2.81. The van der Waals surface area contributed by atoms with E-state index < -0.39 is 0 Å². The number of rotatable bonds is 4. The second kappa shape index (κ2) is 5.49. The fourth-order valence-electron chi connectivity index (χ4n) is 2.86. The molecule has 23 heavy (non-hydrogen) atoms. The predicted octanol–water partition coefficient (Wildman–Crippen LogP) is 1.68. The highest BCUT2D eigenvalue weighted by atomic mass is 15.3. The lowest BCUT2D eigenvalue weighted by Gasteiger charge is -2.40. The molecule has 0 atom stereocenters. The molecule has 0 unspecified atom stereocenters. The van der Waals surface area contributed by atoms with Crippen LogP contribution in [-0.2, 0) is 0 Å². The molecule has 1 N–H and O–H groups in total. The minimum absolute atomic E-state index is 0.595. The highest BCUT2D eigenvalue weighted by Crippen LogP contribution is 2.22. The maximum absolute atomic E-state index is 4.45. The minimum Gasteiger partial charge on any atom is -0.369 e. The van der Waals surface area contributed by atoms with E-state index in [2.05, 4.69) is 30.5 Å². The van der Waals surface area contributed by atoms with E-state index >= 15 is 0 Å². The van der Waals surface area contributed by atoms with Crippen LogP contribution in [0.5, 0.6) is 0 Å². The summed E-state index contributed by atoms with van der Waals surface area (Å²) < 4.78 is 1.84. The van der Waals surface area contributed by atoms with Gasteiger partial charge in [-0.25, -0.2) is 4.98 Å². The summed E-state index contributed by atoms with van der Waals surface area (Å²) in [5, 5.41) is 16.2. The number of nitrogens with one attached hydrogen (secondary N) is 1. The minimum atomic E-state index is 0.595. The van der Waals surface area contributed by atoms with Crippen molar-refractivity contribution >= 4 is 17.3 Å². The molecule has 4 heterocycles. The molecular formula is C16H19N7. The molecule has 7 nitrogen and oxygen atoms in total. The summed E-state index contributed by atoms with van der Waals surface area (Å²) in [6.45, 7) is 6.86. The third-order valence-electron chi connectivity index (χ3n) is 4.12. The van der Waals surface area contributed by atoms with Crippen molar-refractivity contribution in [2.45, 2.75) is 13.8 Å². The first kappa shape index (κ1) is 13.9. The number of aryl methyl sites for hydroxylation is 2. The van der Waals surface area contributed by atoms with Crippen molar-refractivity contribution in [1.82, 2.24) is 24.8 Å². The molecule has 0 bridgehead atoms. The van der Waals surface area contributed by atoms with Crippen LogP contribution in [0.4, 0.5) is 11.6 Å². The molecule has 3 aromatic rings. The Morgan fingerprint density at radius 2 is 2.00 bits per heavy atom. The Morgan fingerprint density at radius 1 is 1.13 bits per heavy atom. The first-order valence-electron chi connectivity index (χ1n) is 7.79. The van der Waals surface area contributed by atoms with Gasteiger partial charge in [0.15, 0.2) is 11.5 Å². The molecule has 3 aromatic heterocycles. The van der Waals surface area contributed by atoms with Crippen molar-refractivity contribution in [3.05, 3.63) is 41.9 Å². The smallest absolute Gasteiger partial charge is 0.157 e. The van der Waals surface area contributed by atoms with E-state index in [-0.39, 0.29) is 0 Å². The van der Waals surface area contributed by atoms with Crippen LogP contribution in [0.25, 0.3) is 5.65 Å². The lowest BCUT2D eigenvalue weighted by Crippen LogP contribution is -2.50. The van der Waals surface area contributed by atoms with Gasteiger partial charge >= 0.3 is 0 Å². The van der Waals surface area contributed by atoms with Crippen LogP contribution < -0.4 is 10.2 Å². The Kier molecular flexibility index (Phi) is 3.33. The molecular weight excluding hydrogens is 290 g/mol. The lowest BCUT2D eigenvalue weighted by atomic mass is 10.0. The van der Waals surface area contributed by atoms with Crippen LogP contribution >= 0.6 is 0 Å². The lowest BCUT2D eigenvalue weighted by molar-refractivity contribution is 0.424. The third-order valence-corrected chi connectivity index (χ3v) is 4.12. The van der Waals surface area contributed by atoms with Gasteiger partial charge < -0.3 is 10.2 Å². The predicted molar refractivity (Wildman–Crippen MR) is 88.7 cm³/mol. The average Bonchev–Trinajstić information content (AvgIpc) is 2.95. The van der Waals surface area contributed by atoms with Crippen molar-refractivity contribution in [3.8, 4) is 0 Å². The summed E-state index contributed by atoms with van der Waals surface area (Å²) in [6, 6.07) is 7.98. The van der Waals surface area contributed by atoms with Crippen LogP contribution in [0.2, 0.25) is 0 Å². The number of hydrogen-bond donors (Lipinski definition) is 1. The van der Waals surface area contributed by atoms with Crippen LogP contribution in [0.3, 0.4) is 0 Å². The number of anilines is 2. The van der Waals surface area contributed by atoms with E-state index in [0.717, 1.165) is 48.3 Å². The molecule has 118 valence electrons. The van der Waals surface area contributed by atoms with Gasteiger partial charge in [0.1, 0.15) is 5.82 Å². The van der Waals surface area contributed by atoms with Crippen molar-refractivity contribution in [1.29, 1.82) is 0 Å².